The van der Waals surface area contributed by atoms with Gasteiger partial charge in [-0.2, -0.15) is 0 Å². The summed E-state index contributed by atoms with van der Waals surface area (Å²) in [6.07, 6.45) is 2.99. The Hall–Kier alpha value is -0.740. The van der Waals surface area contributed by atoms with E-state index in [9.17, 15) is 0 Å². The second-order valence-electron chi connectivity index (χ2n) is 3.90. The van der Waals surface area contributed by atoms with Gasteiger partial charge in [-0.1, -0.05) is 32.5 Å². The van der Waals surface area contributed by atoms with Crippen molar-refractivity contribution in [3.63, 3.8) is 0 Å². The summed E-state index contributed by atoms with van der Waals surface area (Å²) in [5.41, 5.74) is 2.24. The number of hydrogen-bond acceptors (Lipinski definition) is 3. The Morgan fingerprint density at radius 1 is 1.44 bits per heavy atom. The van der Waals surface area contributed by atoms with Crippen LogP contribution in [0.15, 0.2) is 0 Å². The minimum atomic E-state index is 0.0256. The maximum Gasteiger partial charge on any atom is 0.137 e. The summed E-state index contributed by atoms with van der Waals surface area (Å²) < 4.78 is 6.12. The third-order valence-electron chi connectivity index (χ3n) is 2.77. The van der Waals surface area contributed by atoms with E-state index in [-0.39, 0.29) is 6.10 Å². The fourth-order valence-electron chi connectivity index (χ4n) is 1.73. The first kappa shape index (κ1) is 13.3. The molecule has 0 spiro atoms. The predicted molar refractivity (Wildman–Crippen MR) is 68.2 cm³/mol. The van der Waals surface area contributed by atoms with Gasteiger partial charge in [0.1, 0.15) is 16.6 Å². The Labute approximate surface area is 102 Å². The standard InChI is InChI=1S/C12H20N2OS/c1-5-7-10(15-4)11-13-9(6-2)8(3)12(16)14-11/h10H,5-7H2,1-4H3,(H,13,14,16). The number of aromatic nitrogens is 2. The number of aromatic amines is 1. The molecule has 0 saturated carbocycles. The SMILES string of the molecule is CCCC(OC)c1nc(=S)c(C)c(CC)[nH]1. The van der Waals surface area contributed by atoms with Crippen molar-refractivity contribution < 1.29 is 4.74 Å². The molecule has 0 amide bonds. The lowest BCUT2D eigenvalue weighted by molar-refractivity contribution is 0.0873. The zero-order valence-electron chi connectivity index (χ0n) is 10.5. The largest absolute Gasteiger partial charge is 0.374 e. The van der Waals surface area contributed by atoms with Crippen LogP contribution < -0.4 is 0 Å². The maximum atomic E-state index is 5.43. The van der Waals surface area contributed by atoms with Crippen molar-refractivity contribution in [2.75, 3.05) is 7.11 Å². The zero-order chi connectivity index (χ0) is 12.1. The number of nitrogens with one attached hydrogen (secondary N) is 1. The van der Waals surface area contributed by atoms with E-state index in [0.29, 0.717) is 4.64 Å². The maximum absolute atomic E-state index is 5.43. The summed E-state index contributed by atoms with van der Waals surface area (Å²) in [6, 6.07) is 0. The second kappa shape index (κ2) is 6.11. The molecule has 1 unspecified atom stereocenters. The lowest BCUT2D eigenvalue weighted by atomic mass is 10.1. The Balaban J connectivity index is 3.14. The van der Waals surface area contributed by atoms with Gasteiger partial charge in [-0.25, -0.2) is 4.98 Å². The van der Waals surface area contributed by atoms with Crippen LogP contribution in [0.1, 0.15) is 49.9 Å². The molecule has 0 aliphatic carbocycles. The summed E-state index contributed by atoms with van der Waals surface area (Å²) in [6.45, 7) is 6.25. The van der Waals surface area contributed by atoms with Gasteiger partial charge in [0.15, 0.2) is 0 Å². The average molecular weight is 240 g/mol. The Morgan fingerprint density at radius 2 is 2.12 bits per heavy atom. The van der Waals surface area contributed by atoms with Crippen LogP contribution in [-0.4, -0.2) is 17.1 Å². The van der Waals surface area contributed by atoms with E-state index in [1.807, 2.05) is 6.92 Å². The van der Waals surface area contributed by atoms with Crippen LogP contribution in [-0.2, 0) is 11.2 Å². The minimum Gasteiger partial charge on any atom is -0.374 e. The van der Waals surface area contributed by atoms with E-state index in [1.165, 1.54) is 0 Å². The van der Waals surface area contributed by atoms with Gasteiger partial charge >= 0.3 is 0 Å². The van der Waals surface area contributed by atoms with Crippen molar-refractivity contribution in [2.45, 2.75) is 46.1 Å². The molecule has 1 aromatic heterocycles. The molecular weight excluding hydrogens is 220 g/mol. The topological polar surface area (TPSA) is 37.9 Å². The van der Waals surface area contributed by atoms with Crippen molar-refractivity contribution in [3.05, 3.63) is 21.7 Å². The Morgan fingerprint density at radius 3 is 2.62 bits per heavy atom. The number of hydrogen-bond donors (Lipinski definition) is 1. The number of ether oxygens (including phenoxy) is 1. The van der Waals surface area contributed by atoms with E-state index in [2.05, 4.69) is 23.8 Å². The molecule has 90 valence electrons. The molecule has 0 fully saturated rings. The molecule has 0 bridgehead atoms. The van der Waals surface area contributed by atoms with Gasteiger partial charge in [0, 0.05) is 18.4 Å². The fourth-order valence-corrected chi connectivity index (χ4v) is 1.95. The van der Waals surface area contributed by atoms with Gasteiger partial charge in [-0.05, 0) is 19.8 Å². The lowest BCUT2D eigenvalue weighted by Gasteiger charge is -2.15. The van der Waals surface area contributed by atoms with Crippen molar-refractivity contribution in [1.82, 2.24) is 9.97 Å². The monoisotopic (exact) mass is 240 g/mol. The number of nitrogens with zero attached hydrogens (tertiary/aromatic N) is 1. The van der Waals surface area contributed by atoms with E-state index < -0.39 is 0 Å². The molecule has 1 heterocycles. The molecule has 0 radical (unpaired) electrons. The van der Waals surface area contributed by atoms with Crippen LogP contribution in [0, 0.1) is 11.6 Å². The molecular formula is C12H20N2OS. The first-order valence-electron chi connectivity index (χ1n) is 5.76. The molecule has 1 N–H and O–H groups in total. The van der Waals surface area contributed by atoms with Gasteiger partial charge in [0.05, 0.1) is 0 Å². The highest BCUT2D eigenvalue weighted by Gasteiger charge is 2.13. The Bertz CT molecular complexity index is 400. The first-order chi connectivity index (χ1) is 7.63. The van der Waals surface area contributed by atoms with E-state index in [0.717, 1.165) is 36.3 Å². The van der Waals surface area contributed by atoms with Gasteiger partial charge in [-0.15, -0.1) is 0 Å². The summed E-state index contributed by atoms with van der Waals surface area (Å²) >= 11 is 5.26. The fraction of sp³-hybridized carbons (Fsp3) is 0.667. The zero-order valence-corrected chi connectivity index (χ0v) is 11.3. The molecule has 0 aliphatic heterocycles. The summed E-state index contributed by atoms with van der Waals surface area (Å²) in [4.78, 5) is 7.74. The summed E-state index contributed by atoms with van der Waals surface area (Å²) in [7, 11) is 1.71. The number of rotatable bonds is 5. The second-order valence-corrected chi connectivity index (χ2v) is 4.28. The van der Waals surface area contributed by atoms with Crippen LogP contribution in [0.5, 0.6) is 0 Å². The molecule has 3 nitrogen and oxygen atoms in total. The average Bonchev–Trinajstić information content (AvgIpc) is 2.29. The van der Waals surface area contributed by atoms with E-state index in [1.54, 1.807) is 7.11 Å². The van der Waals surface area contributed by atoms with Crippen molar-refractivity contribution in [1.29, 1.82) is 0 Å². The molecule has 0 saturated heterocycles. The number of methoxy groups -OCH3 is 1. The first-order valence-corrected chi connectivity index (χ1v) is 6.17. The van der Waals surface area contributed by atoms with Crippen LogP contribution >= 0.6 is 12.2 Å². The van der Waals surface area contributed by atoms with Gasteiger partial charge in [0.2, 0.25) is 0 Å². The van der Waals surface area contributed by atoms with Gasteiger partial charge in [-0.3, -0.25) is 0 Å². The number of H-pyrrole nitrogens is 1. The summed E-state index contributed by atoms with van der Waals surface area (Å²) in [5.74, 6) is 0.858. The smallest absolute Gasteiger partial charge is 0.137 e. The van der Waals surface area contributed by atoms with Crippen LogP contribution in [0.2, 0.25) is 0 Å². The minimum absolute atomic E-state index is 0.0256. The van der Waals surface area contributed by atoms with Crippen molar-refractivity contribution >= 4 is 12.2 Å². The highest BCUT2D eigenvalue weighted by Crippen LogP contribution is 2.20. The number of aryl methyl sites for hydroxylation is 1. The molecule has 4 heteroatoms. The van der Waals surface area contributed by atoms with Gasteiger partial charge < -0.3 is 9.72 Å². The van der Waals surface area contributed by atoms with Gasteiger partial charge in [0.25, 0.3) is 0 Å². The highest BCUT2D eigenvalue weighted by atomic mass is 32.1. The third kappa shape index (κ3) is 2.89. The quantitative estimate of drug-likeness (QED) is 0.800. The molecule has 1 atom stereocenters. The molecule has 1 aromatic rings. The van der Waals surface area contributed by atoms with Crippen molar-refractivity contribution in [3.8, 4) is 0 Å². The highest BCUT2D eigenvalue weighted by molar-refractivity contribution is 7.71. The van der Waals surface area contributed by atoms with E-state index in [4.69, 9.17) is 17.0 Å². The van der Waals surface area contributed by atoms with Crippen LogP contribution in [0.25, 0.3) is 0 Å². The molecule has 0 aliphatic rings. The molecule has 16 heavy (non-hydrogen) atoms. The summed E-state index contributed by atoms with van der Waals surface area (Å²) in [5, 5.41) is 0. The lowest BCUT2D eigenvalue weighted by Crippen LogP contribution is -2.10. The van der Waals surface area contributed by atoms with Crippen LogP contribution in [0.4, 0.5) is 0 Å². The van der Waals surface area contributed by atoms with Crippen LogP contribution in [0.3, 0.4) is 0 Å². The van der Waals surface area contributed by atoms with Crippen molar-refractivity contribution in [2.24, 2.45) is 0 Å². The Kier molecular flexibility index (Phi) is 5.09. The van der Waals surface area contributed by atoms with E-state index >= 15 is 0 Å². The molecule has 0 aromatic carbocycles. The third-order valence-corrected chi connectivity index (χ3v) is 3.17. The normalized spacial score (nSPS) is 12.8. The molecule has 1 rings (SSSR count). The predicted octanol–water partition coefficient (Wildman–Crippen LogP) is 3.50.